The van der Waals surface area contributed by atoms with Crippen molar-refractivity contribution in [2.75, 3.05) is 45.7 Å². The Morgan fingerprint density at radius 2 is 1.80 bits per heavy atom. The van der Waals surface area contributed by atoms with E-state index >= 15 is 0 Å². The van der Waals surface area contributed by atoms with Crippen LogP contribution in [-0.4, -0.2) is 86.1 Å². The van der Waals surface area contributed by atoms with Gasteiger partial charge in [0.15, 0.2) is 0 Å². The number of hydrogen-bond acceptors (Lipinski definition) is 7. The van der Waals surface area contributed by atoms with Crippen LogP contribution in [0, 0.1) is 6.92 Å². The van der Waals surface area contributed by atoms with Gasteiger partial charge in [0.25, 0.3) is 5.91 Å². The van der Waals surface area contributed by atoms with Crippen LogP contribution in [0.2, 0.25) is 0 Å². The lowest BCUT2D eigenvalue weighted by Gasteiger charge is -2.41. The summed E-state index contributed by atoms with van der Waals surface area (Å²) < 4.78 is 9.78. The molecule has 7 rings (SSSR count). The molecular formula is C35H41N7O3. The minimum absolute atomic E-state index is 0.142. The number of phenolic OH excluding ortho intramolecular Hbond substituents is 1. The van der Waals surface area contributed by atoms with Gasteiger partial charge in [0.2, 0.25) is 0 Å². The van der Waals surface area contributed by atoms with Crippen LogP contribution in [0.15, 0.2) is 54.9 Å². The number of aryl methyl sites for hydroxylation is 2. The first-order chi connectivity index (χ1) is 21.8. The highest BCUT2D eigenvalue weighted by Gasteiger charge is 2.31. The summed E-state index contributed by atoms with van der Waals surface area (Å²) >= 11 is 0. The van der Waals surface area contributed by atoms with Crippen molar-refractivity contribution >= 4 is 28.0 Å². The maximum Gasteiger partial charge on any atom is 0.272 e. The largest absolute Gasteiger partial charge is 0.507 e. The first-order valence-electron chi connectivity index (χ1n) is 15.9. The number of aromatic nitrogens is 4. The number of carbonyl (C=O) groups is 1. The van der Waals surface area contributed by atoms with Crippen LogP contribution in [0.3, 0.4) is 0 Å². The van der Waals surface area contributed by atoms with E-state index in [-0.39, 0.29) is 11.7 Å². The van der Waals surface area contributed by atoms with Gasteiger partial charge in [-0.05, 0) is 70.0 Å². The summed E-state index contributed by atoms with van der Waals surface area (Å²) in [5, 5.41) is 13.9. The molecule has 10 nitrogen and oxygen atoms in total. The van der Waals surface area contributed by atoms with Crippen molar-refractivity contribution in [1.82, 2.24) is 28.7 Å². The van der Waals surface area contributed by atoms with Crippen molar-refractivity contribution in [3.8, 4) is 22.8 Å². The lowest BCUT2D eigenvalue weighted by molar-refractivity contribution is 0.0872. The van der Waals surface area contributed by atoms with Gasteiger partial charge in [-0.3, -0.25) is 19.1 Å². The molecule has 0 radical (unpaired) electrons. The Labute approximate surface area is 263 Å². The topological polar surface area (TPSA) is 100 Å². The molecule has 0 atom stereocenters. The Hall–Kier alpha value is -4.41. The van der Waals surface area contributed by atoms with Crippen LogP contribution in [0.1, 0.15) is 53.6 Å². The number of amides is 1. The molecule has 2 aromatic carbocycles. The van der Waals surface area contributed by atoms with Crippen LogP contribution in [0.25, 0.3) is 27.7 Å². The molecule has 0 unspecified atom stereocenters. The Morgan fingerprint density at radius 1 is 1.02 bits per heavy atom. The van der Waals surface area contributed by atoms with Gasteiger partial charge < -0.3 is 24.6 Å². The molecule has 2 fully saturated rings. The Kier molecular flexibility index (Phi) is 7.71. The number of hydrogen-bond donors (Lipinski definition) is 2. The number of aromatic hydroxyl groups is 1. The second-order valence-corrected chi connectivity index (χ2v) is 12.6. The maximum atomic E-state index is 13.4. The average molecular weight is 608 g/mol. The van der Waals surface area contributed by atoms with Crippen molar-refractivity contribution in [1.29, 1.82) is 0 Å². The number of nitrogens with zero attached hydrogens (tertiary/aromatic N) is 6. The molecule has 1 saturated carbocycles. The number of phenols is 1. The highest BCUT2D eigenvalue weighted by atomic mass is 16.5. The molecular weight excluding hydrogens is 566 g/mol. The van der Waals surface area contributed by atoms with Crippen molar-refractivity contribution < 1.29 is 14.6 Å². The fourth-order valence-corrected chi connectivity index (χ4v) is 7.29. The molecule has 1 aliphatic carbocycles. The van der Waals surface area contributed by atoms with E-state index in [1.54, 1.807) is 29.9 Å². The summed E-state index contributed by atoms with van der Waals surface area (Å²) in [5.41, 5.74) is 5.48. The lowest BCUT2D eigenvalue weighted by atomic mass is 9.84. The molecule has 0 spiro atoms. The number of piperazine rings is 1. The number of carbonyl (C=O) groups excluding carboxylic acids is 1. The first kappa shape index (κ1) is 29.3. The summed E-state index contributed by atoms with van der Waals surface area (Å²) in [6, 6.07) is 13.4. The van der Waals surface area contributed by atoms with Crippen LogP contribution >= 0.6 is 0 Å². The summed E-state index contributed by atoms with van der Waals surface area (Å²) in [6.45, 7) is 6.66. The highest BCUT2D eigenvalue weighted by Crippen LogP contribution is 2.39. The average Bonchev–Trinajstić information content (AvgIpc) is 3.62. The molecule has 234 valence electrons. The van der Waals surface area contributed by atoms with Gasteiger partial charge in [0.1, 0.15) is 23.0 Å². The normalized spacial score (nSPS) is 19.7. The summed E-state index contributed by atoms with van der Waals surface area (Å²) in [7, 11) is 5.63. The molecule has 1 aliphatic heterocycles. The Balaban J connectivity index is 1.16. The van der Waals surface area contributed by atoms with Gasteiger partial charge in [0, 0.05) is 68.5 Å². The van der Waals surface area contributed by atoms with E-state index < -0.39 is 0 Å². The predicted molar refractivity (Wildman–Crippen MR) is 176 cm³/mol. The number of nitrogens with one attached hydrogen (secondary N) is 1. The molecule has 4 heterocycles. The van der Waals surface area contributed by atoms with Crippen molar-refractivity contribution in [2.45, 2.75) is 44.6 Å². The van der Waals surface area contributed by atoms with Crippen LogP contribution in [-0.2, 0) is 7.05 Å². The zero-order valence-corrected chi connectivity index (χ0v) is 26.5. The number of benzene rings is 2. The predicted octanol–water partition coefficient (Wildman–Crippen LogP) is 5.44. The van der Waals surface area contributed by atoms with Gasteiger partial charge in [-0.1, -0.05) is 12.1 Å². The van der Waals surface area contributed by atoms with Crippen molar-refractivity contribution in [2.24, 2.45) is 7.05 Å². The monoisotopic (exact) mass is 607 g/mol. The minimum Gasteiger partial charge on any atom is -0.507 e. The molecule has 5 aromatic rings. The maximum absolute atomic E-state index is 13.4. The molecule has 45 heavy (non-hydrogen) atoms. The highest BCUT2D eigenvalue weighted by molar-refractivity contribution is 6.08. The van der Waals surface area contributed by atoms with Crippen molar-refractivity contribution in [3.63, 3.8) is 0 Å². The van der Waals surface area contributed by atoms with Crippen LogP contribution in [0.5, 0.6) is 11.5 Å². The third kappa shape index (κ3) is 5.32. The third-order valence-electron chi connectivity index (χ3n) is 9.90. The molecule has 2 aliphatic rings. The van der Waals surface area contributed by atoms with E-state index in [9.17, 15) is 9.90 Å². The van der Waals surface area contributed by atoms with Gasteiger partial charge in [-0.2, -0.15) is 0 Å². The first-order valence-corrected chi connectivity index (χ1v) is 15.9. The number of ether oxygens (including phenoxy) is 1. The van der Waals surface area contributed by atoms with E-state index in [0.717, 1.165) is 72.8 Å². The van der Waals surface area contributed by atoms with E-state index in [1.165, 1.54) is 12.8 Å². The Bertz CT molecular complexity index is 1880. The van der Waals surface area contributed by atoms with Crippen LogP contribution < -0.4 is 10.1 Å². The van der Waals surface area contributed by atoms with Crippen molar-refractivity contribution in [3.05, 3.63) is 72.1 Å². The van der Waals surface area contributed by atoms with Gasteiger partial charge in [-0.15, -0.1) is 0 Å². The molecule has 1 saturated heterocycles. The van der Waals surface area contributed by atoms with Gasteiger partial charge in [0.05, 0.1) is 35.2 Å². The summed E-state index contributed by atoms with van der Waals surface area (Å²) in [4.78, 5) is 28.4. The quantitative estimate of drug-likeness (QED) is 0.265. The molecule has 2 N–H and O–H groups in total. The van der Waals surface area contributed by atoms with Gasteiger partial charge in [-0.25, -0.2) is 4.98 Å². The smallest absolute Gasteiger partial charge is 0.272 e. The van der Waals surface area contributed by atoms with E-state index in [0.29, 0.717) is 34.5 Å². The number of likely N-dealkylation sites (N-methyl/N-ethyl adjacent to an activating group) is 1. The standard InChI is InChI=1S/C35H41N7O3/c1-22-33-32(38-34(42(33)15-14-36-22)23-8-11-25(12-9-23)41-18-16-39(2)17-19-41)24-10-13-27(31(20-24)45-4)37-35(44)29-21-26-28(40(29)3)6-5-7-30(26)43/h5-7,10,13-15,20-21,23,25,43H,8-9,11-12,16-19H2,1-4H3,(H,37,44)/t23-,25-. The van der Waals surface area contributed by atoms with E-state index in [1.807, 2.05) is 50.6 Å². The van der Waals surface area contributed by atoms with E-state index in [4.69, 9.17) is 9.72 Å². The van der Waals surface area contributed by atoms with Gasteiger partial charge >= 0.3 is 0 Å². The number of imidazole rings is 1. The second kappa shape index (κ2) is 11.8. The van der Waals surface area contributed by atoms with E-state index in [2.05, 4.69) is 31.5 Å². The Morgan fingerprint density at radius 3 is 2.53 bits per heavy atom. The zero-order valence-electron chi connectivity index (χ0n) is 26.5. The number of rotatable bonds is 6. The summed E-state index contributed by atoms with van der Waals surface area (Å²) in [6.07, 6.45) is 8.53. The number of anilines is 1. The number of methoxy groups -OCH3 is 1. The van der Waals surface area contributed by atoms with Crippen LogP contribution in [0.4, 0.5) is 5.69 Å². The molecule has 0 bridgehead atoms. The summed E-state index contributed by atoms with van der Waals surface area (Å²) in [5.74, 6) is 1.87. The minimum atomic E-state index is -0.291. The molecule has 10 heteroatoms. The number of fused-ring (bicyclic) bond motifs is 2. The lowest BCUT2D eigenvalue weighted by Crippen LogP contribution is -2.49. The molecule has 3 aromatic heterocycles. The fourth-order valence-electron chi connectivity index (χ4n) is 7.29. The fraction of sp³-hybridized carbons (Fsp3) is 0.400. The molecule has 1 amide bonds. The zero-order chi connectivity index (χ0) is 31.2. The second-order valence-electron chi connectivity index (χ2n) is 12.6. The SMILES string of the molecule is COc1cc(-c2nc([C@H]3CC[C@H](N4CCN(C)CC4)CC3)n3ccnc(C)c23)ccc1NC(=O)c1cc2c(O)cccc2n1C. The third-order valence-corrected chi connectivity index (χ3v) is 9.90.